The van der Waals surface area contributed by atoms with Crippen molar-refractivity contribution in [2.45, 2.75) is 54.4 Å². The molecule has 8 nitrogen and oxygen atoms in total. The Morgan fingerprint density at radius 1 is 0.913 bits per heavy atom. The molecule has 0 saturated carbocycles. The fourth-order valence-corrected chi connectivity index (χ4v) is 1.60. The molecule has 0 radical (unpaired) electrons. The standard InChI is InChI=1S/C15H26N4O4/c1-7-8-15(6,9-22-13(20)18-16-11(2)3)10-23-14(21)19-17-12(4)5/h7-10H2,1-6H3/q+2. The minimum atomic E-state index is -0.768. The summed E-state index contributed by atoms with van der Waals surface area (Å²) in [6, 6.07) is 0. The summed E-state index contributed by atoms with van der Waals surface area (Å²) >= 11 is 0. The number of rotatable bonds is 6. The molecule has 0 aliphatic rings. The van der Waals surface area contributed by atoms with Crippen LogP contribution in [-0.4, -0.2) is 46.4 Å². The molecule has 0 aromatic heterocycles. The Bertz CT molecular complexity index is 504. The van der Waals surface area contributed by atoms with Crippen LogP contribution in [0.25, 0.3) is 0 Å². The second-order valence-corrected chi connectivity index (χ2v) is 5.96. The van der Waals surface area contributed by atoms with Gasteiger partial charge in [-0.25, -0.2) is 9.59 Å². The Morgan fingerprint density at radius 3 is 1.61 bits per heavy atom. The van der Waals surface area contributed by atoms with E-state index in [1.807, 2.05) is 13.8 Å². The molecule has 0 unspecified atom stereocenters. The lowest BCUT2D eigenvalue weighted by molar-refractivity contribution is -0.0937. The number of nitrogens with zero attached hydrogens (tertiary/aromatic N) is 4. The zero-order chi connectivity index (χ0) is 17.9. The summed E-state index contributed by atoms with van der Waals surface area (Å²) in [6.45, 7) is 10.9. The first-order valence-corrected chi connectivity index (χ1v) is 7.46. The van der Waals surface area contributed by atoms with Crippen molar-refractivity contribution >= 4 is 23.6 Å². The molecule has 0 heterocycles. The van der Waals surface area contributed by atoms with Gasteiger partial charge in [0.1, 0.15) is 13.2 Å². The number of carbonyl (C=O) groups excluding carboxylic acids is 2. The Hall–Kier alpha value is -2.30. The van der Waals surface area contributed by atoms with Crippen LogP contribution in [0.3, 0.4) is 0 Å². The van der Waals surface area contributed by atoms with Gasteiger partial charge >= 0.3 is 23.6 Å². The quantitative estimate of drug-likeness (QED) is 0.424. The third-order valence-electron chi connectivity index (χ3n) is 2.61. The summed E-state index contributed by atoms with van der Waals surface area (Å²) < 4.78 is 10.2. The van der Waals surface area contributed by atoms with E-state index in [-0.39, 0.29) is 13.2 Å². The molecule has 0 fully saturated rings. The first-order valence-electron chi connectivity index (χ1n) is 7.46. The molecule has 8 heteroatoms. The maximum absolute atomic E-state index is 11.5. The van der Waals surface area contributed by atoms with Gasteiger partial charge in [0, 0.05) is 33.1 Å². The molecule has 0 aromatic carbocycles. The van der Waals surface area contributed by atoms with Crippen molar-refractivity contribution in [2.24, 2.45) is 15.6 Å². The minimum absolute atomic E-state index is 0.0742. The second-order valence-electron chi connectivity index (χ2n) is 5.96. The Kier molecular flexibility index (Phi) is 9.39. The van der Waals surface area contributed by atoms with Gasteiger partial charge in [0.05, 0.1) is 9.58 Å². The van der Waals surface area contributed by atoms with Gasteiger partial charge in [-0.2, -0.15) is 0 Å². The van der Waals surface area contributed by atoms with Crippen LogP contribution in [0.5, 0.6) is 0 Å². The topological polar surface area (TPSA) is 106 Å². The zero-order valence-electron chi connectivity index (χ0n) is 14.8. The number of carbonyl (C=O) groups is 2. The molecule has 2 amide bonds. The van der Waals surface area contributed by atoms with Crippen LogP contribution >= 0.6 is 0 Å². The van der Waals surface area contributed by atoms with Gasteiger partial charge in [-0.05, 0) is 6.42 Å². The van der Waals surface area contributed by atoms with E-state index in [0.717, 1.165) is 6.42 Å². The summed E-state index contributed by atoms with van der Waals surface area (Å²) in [6.07, 6.45) is 0.0180. The van der Waals surface area contributed by atoms with E-state index in [9.17, 15) is 9.59 Å². The average molecular weight is 326 g/mol. The van der Waals surface area contributed by atoms with Gasteiger partial charge in [0.15, 0.2) is 0 Å². The molecule has 0 spiro atoms. The molecule has 23 heavy (non-hydrogen) atoms. The molecule has 0 bridgehead atoms. The third-order valence-corrected chi connectivity index (χ3v) is 2.61. The Labute approximate surface area is 136 Å². The van der Waals surface area contributed by atoms with Crippen molar-refractivity contribution in [3.05, 3.63) is 0 Å². The fourth-order valence-electron chi connectivity index (χ4n) is 1.60. The summed E-state index contributed by atoms with van der Waals surface area (Å²) in [5.74, 6) is 0. The zero-order valence-corrected chi connectivity index (χ0v) is 14.8. The molecule has 0 N–H and O–H groups in total. The smallest absolute Gasteiger partial charge is 0.443 e. The van der Waals surface area contributed by atoms with Gasteiger partial charge in [0.25, 0.3) is 0 Å². The van der Waals surface area contributed by atoms with Crippen molar-refractivity contribution in [3.63, 3.8) is 0 Å². The van der Waals surface area contributed by atoms with Crippen LogP contribution in [0.4, 0.5) is 9.59 Å². The highest BCUT2D eigenvalue weighted by Crippen LogP contribution is 2.24. The minimum Gasteiger partial charge on any atom is -0.443 e. The van der Waals surface area contributed by atoms with Crippen LogP contribution in [0.15, 0.2) is 10.2 Å². The first-order chi connectivity index (χ1) is 10.7. The number of hydrogen-bond acceptors (Lipinski definition) is 4. The van der Waals surface area contributed by atoms with Crippen molar-refractivity contribution < 1.29 is 28.6 Å². The summed E-state index contributed by atoms with van der Waals surface area (Å²) in [7, 11) is 0. The second kappa shape index (κ2) is 10.4. The highest BCUT2D eigenvalue weighted by Gasteiger charge is 2.29. The fraction of sp³-hybridized carbons (Fsp3) is 0.733. The largest absolute Gasteiger partial charge is 0.509 e. The summed E-state index contributed by atoms with van der Waals surface area (Å²) in [5, 5.41) is 6.83. The average Bonchev–Trinajstić information content (AvgIpc) is 2.47. The normalized spacial score (nSPS) is 12.1. The number of amides is 2. The lowest BCUT2D eigenvalue weighted by Crippen LogP contribution is -2.30. The lowest BCUT2D eigenvalue weighted by atomic mass is 9.87. The van der Waals surface area contributed by atoms with Crippen LogP contribution in [0, 0.1) is 5.41 Å². The molecule has 0 saturated heterocycles. The van der Waals surface area contributed by atoms with E-state index in [0.29, 0.717) is 17.8 Å². The van der Waals surface area contributed by atoms with Crippen LogP contribution in [0.1, 0.15) is 54.4 Å². The lowest BCUT2D eigenvalue weighted by Gasteiger charge is -2.26. The van der Waals surface area contributed by atoms with Crippen molar-refractivity contribution in [1.29, 1.82) is 0 Å². The van der Waals surface area contributed by atoms with E-state index >= 15 is 0 Å². The highest BCUT2D eigenvalue weighted by molar-refractivity contribution is 5.74. The van der Waals surface area contributed by atoms with E-state index in [2.05, 4.69) is 19.8 Å². The molecular weight excluding hydrogens is 300 g/mol. The van der Waals surface area contributed by atoms with E-state index < -0.39 is 17.6 Å². The molecule has 128 valence electrons. The maximum Gasteiger partial charge on any atom is 0.509 e. The molecule has 0 atom stereocenters. The van der Waals surface area contributed by atoms with Crippen LogP contribution in [0.2, 0.25) is 0 Å². The van der Waals surface area contributed by atoms with Crippen LogP contribution in [-0.2, 0) is 9.47 Å². The van der Waals surface area contributed by atoms with E-state index in [1.165, 1.54) is 0 Å². The van der Waals surface area contributed by atoms with Crippen LogP contribution < -0.4 is 0 Å². The highest BCUT2D eigenvalue weighted by atomic mass is 16.6. The van der Waals surface area contributed by atoms with Crippen molar-refractivity contribution in [1.82, 2.24) is 0 Å². The van der Waals surface area contributed by atoms with E-state index in [1.54, 1.807) is 27.7 Å². The molecule has 0 aliphatic heterocycles. The predicted molar refractivity (Wildman–Crippen MR) is 83.8 cm³/mol. The Morgan fingerprint density at radius 2 is 1.30 bits per heavy atom. The maximum atomic E-state index is 11.5. The molecule has 0 rings (SSSR count). The van der Waals surface area contributed by atoms with Crippen molar-refractivity contribution in [3.8, 4) is 0 Å². The first kappa shape index (κ1) is 20.7. The number of ether oxygens (including phenoxy) is 2. The monoisotopic (exact) mass is 326 g/mol. The van der Waals surface area contributed by atoms with E-state index in [4.69, 9.17) is 9.47 Å². The van der Waals surface area contributed by atoms with Gasteiger partial charge in [-0.1, -0.05) is 20.3 Å². The summed E-state index contributed by atoms with van der Waals surface area (Å²) in [5.41, 5.74) is 0.794. The van der Waals surface area contributed by atoms with Gasteiger partial charge in [-0.3, -0.25) is 0 Å². The molecule has 0 aromatic rings. The number of hydrogen-bond donors (Lipinski definition) is 0. The molecular formula is C15H26N4O4+2. The third kappa shape index (κ3) is 11.0. The van der Waals surface area contributed by atoms with Gasteiger partial charge in [-0.15, -0.1) is 0 Å². The predicted octanol–water partition coefficient (Wildman–Crippen LogP) is 3.35. The summed E-state index contributed by atoms with van der Waals surface area (Å²) in [4.78, 5) is 30.2. The Balaban J connectivity index is 4.68. The van der Waals surface area contributed by atoms with Gasteiger partial charge < -0.3 is 9.47 Å². The van der Waals surface area contributed by atoms with Crippen molar-refractivity contribution in [2.75, 3.05) is 13.2 Å². The van der Waals surface area contributed by atoms with Gasteiger partial charge in [0.2, 0.25) is 10.2 Å². The SMILES string of the molecule is CCCC(C)(COC(=O)N=[N+]=C(C)C)COC(=O)N=[N+]=C(C)C. The molecule has 0 aliphatic carbocycles.